The summed E-state index contributed by atoms with van der Waals surface area (Å²) in [6.45, 7) is 0. The SMILES string of the molecule is COC(=O)[C@@H](N)c1sccc1Cl.Cl. The van der Waals surface area contributed by atoms with Gasteiger partial charge in [-0.3, -0.25) is 0 Å². The van der Waals surface area contributed by atoms with Gasteiger partial charge >= 0.3 is 5.97 Å². The molecule has 1 aromatic rings. The predicted molar refractivity (Wildman–Crippen MR) is 55.5 cm³/mol. The number of carbonyl (C=O) groups excluding carboxylic acids is 1. The zero-order chi connectivity index (χ0) is 9.14. The van der Waals surface area contributed by atoms with Crippen LogP contribution in [0.15, 0.2) is 11.4 Å². The zero-order valence-corrected chi connectivity index (χ0v) is 9.21. The van der Waals surface area contributed by atoms with E-state index >= 15 is 0 Å². The van der Waals surface area contributed by atoms with Crippen LogP contribution in [-0.4, -0.2) is 13.1 Å². The molecule has 0 amide bonds. The molecular formula is C7H9Cl2NO2S. The van der Waals surface area contributed by atoms with Gasteiger partial charge in [0.2, 0.25) is 0 Å². The lowest BCUT2D eigenvalue weighted by Gasteiger charge is -2.06. The summed E-state index contributed by atoms with van der Waals surface area (Å²) < 4.78 is 4.47. The highest BCUT2D eigenvalue weighted by atomic mass is 35.5. The van der Waals surface area contributed by atoms with E-state index in [1.54, 1.807) is 11.4 Å². The van der Waals surface area contributed by atoms with E-state index < -0.39 is 12.0 Å². The molecule has 0 spiro atoms. The van der Waals surface area contributed by atoms with Crippen molar-refractivity contribution in [1.29, 1.82) is 0 Å². The Bertz CT molecular complexity index is 290. The van der Waals surface area contributed by atoms with Gasteiger partial charge in [-0.05, 0) is 11.4 Å². The Labute approximate surface area is 91.2 Å². The molecule has 0 bridgehead atoms. The second-order valence-electron chi connectivity index (χ2n) is 2.13. The smallest absolute Gasteiger partial charge is 0.328 e. The van der Waals surface area contributed by atoms with Gasteiger partial charge in [-0.15, -0.1) is 23.7 Å². The summed E-state index contributed by atoms with van der Waals surface area (Å²) in [5.41, 5.74) is 5.55. The molecule has 1 heterocycles. The summed E-state index contributed by atoms with van der Waals surface area (Å²) in [4.78, 5) is 11.6. The van der Waals surface area contributed by atoms with Crippen molar-refractivity contribution in [3.05, 3.63) is 21.3 Å². The lowest BCUT2D eigenvalue weighted by Crippen LogP contribution is -2.21. The second kappa shape index (κ2) is 5.44. The molecule has 13 heavy (non-hydrogen) atoms. The number of methoxy groups -OCH3 is 1. The van der Waals surface area contributed by atoms with E-state index in [-0.39, 0.29) is 12.4 Å². The Morgan fingerprint density at radius 3 is 2.77 bits per heavy atom. The molecule has 0 aromatic carbocycles. The summed E-state index contributed by atoms with van der Waals surface area (Å²) in [5.74, 6) is -0.473. The largest absolute Gasteiger partial charge is 0.468 e. The highest BCUT2D eigenvalue weighted by Gasteiger charge is 2.19. The minimum absolute atomic E-state index is 0. The first-order valence-corrected chi connectivity index (χ1v) is 4.49. The molecular weight excluding hydrogens is 233 g/mol. The molecule has 0 unspecified atom stereocenters. The fourth-order valence-corrected chi connectivity index (χ4v) is 1.92. The maximum absolute atomic E-state index is 11.0. The summed E-state index contributed by atoms with van der Waals surface area (Å²) in [6.07, 6.45) is 0. The fraction of sp³-hybridized carbons (Fsp3) is 0.286. The third kappa shape index (κ3) is 2.84. The summed E-state index contributed by atoms with van der Waals surface area (Å²) in [7, 11) is 1.30. The van der Waals surface area contributed by atoms with Crippen molar-refractivity contribution in [3.8, 4) is 0 Å². The van der Waals surface area contributed by atoms with E-state index in [1.165, 1.54) is 18.4 Å². The Hall–Kier alpha value is -0.290. The highest BCUT2D eigenvalue weighted by molar-refractivity contribution is 7.10. The van der Waals surface area contributed by atoms with Crippen LogP contribution in [0.2, 0.25) is 5.02 Å². The maximum atomic E-state index is 11.0. The van der Waals surface area contributed by atoms with E-state index in [1.807, 2.05) is 0 Å². The first kappa shape index (κ1) is 12.7. The van der Waals surface area contributed by atoms with Crippen molar-refractivity contribution in [2.75, 3.05) is 7.11 Å². The van der Waals surface area contributed by atoms with Crippen molar-refractivity contribution >= 4 is 41.3 Å². The Morgan fingerprint density at radius 1 is 1.77 bits per heavy atom. The Morgan fingerprint density at radius 2 is 2.38 bits per heavy atom. The molecule has 0 aliphatic heterocycles. The van der Waals surface area contributed by atoms with Crippen LogP contribution in [0.1, 0.15) is 10.9 Å². The summed E-state index contributed by atoms with van der Waals surface area (Å²) in [6, 6.07) is 0.937. The molecule has 74 valence electrons. The van der Waals surface area contributed by atoms with Crippen LogP contribution >= 0.6 is 35.3 Å². The van der Waals surface area contributed by atoms with Crippen LogP contribution in [0, 0.1) is 0 Å². The molecule has 1 aromatic heterocycles. The Balaban J connectivity index is 0.00000144. The van der Waals surface area contributed by atoms with Gasteiger partial charge < -0.3 is 10.5 Å². The van der Waals surface area contributed by atoms with Gasteiger partial charge in [0.25, 0.3) is 0 Å². The number of ether oxygens (including phenoxy) is 1. The molecule has 3 nitrogen and oxygen atoms in total. The van der Waals surface area contributed by atoms with Crippen molar-refractivity contribution in [3.63, 3.8) is 0 Å². The number of hydrogen-bond donors (Lipinski definition) is 1. The Kier molecular flexibility index (Phi) is 5.32. The number of nitrogens with two attached hydrogens (primary N) is 1. The van der Waals surface area contributed by atoms with Gasteiger partial charge in [0.05, 0.1) is 17.0 Å². The standard InChI is InChI=1S/C7H8ClNO2S.ClH/c1-11-7(10)5(9)6-4(8)2-3-12-6;/h2-3,5H,9H2,1H3;1H/t5-;/m0./s1. The van der Waals surface area contributed by atoms with E-state index in [0.717, 1.165) is 0 Å². The first-order chi connectivity index (χ1) is 5.66. The van der Waals surface area contributed by atoms with Crippen LogP contribution in [0.5, 0.6) is 0 Å². The number of rotatable bonds is 2. The predicted octanol–water partition coefficient (Wildman–Crippen LogP) is 2.00. The number of hydrogen-bond acceptors (Lipinski definition) is 4. The average Bonchev–Trinajstić information content (AvgIpc) is 2.48. The number of halogens is 2. The minimum Gasteiger partial charge on any atom is -0.468 e. The van der Waals surface area contributed by atoms with E-state index in [4.69, 9.17) is 17.3 Å². The van der Waals surface area contributed by atoms with E-state index in [2.05, 4.69) is 4.74 Å². The number of carbonyl (C=O) groups is 1. The molecule has 6 heteroatoms. The molecule has 1 atom stereocenters. The molecule has 0 saturated heterocycles. The van der Waals surface area contributed by atoms with Gasteiger partial charge in [0.1, 0.15) is 6.04 Å². The monoisotopic (exact) mass is 241 g/mol. The molecule has 0 radical (unpaired) electrons. The molecule has 0 fully saturated rings. The lowest BCUT2D eigenvalue weighted by atomic mass is 10.2. The van der Waals surface area contributed by atoms with Gasteiger partial charge in [-0.25, -0.2) is 4.79 Å². The molecule has 2 N–H and O–H groups in total. The lowest BCUT2D eigenvalue weighted by molar-refractivity contribution is -0.142. The highest BCUT2D eigenvalue weighted by Crippen LogP contribution is 2.27. The quantitative estimate of drug-likeness (QED) is 0.807. The van der Waals surface area contributed by atoms with E-state index in [0.29, 0.717) is 9.90 Å². The van der Waals surface area contributed by atoms with Gasteiger partial charge in [-0.1, -0.05) is 11.6 Å². The van der Waals surface area contributed by atoms with Gasteiger partial charge in [-0.2, -0.15) is 0 Å². The fourth-order valence-electron chi connectivity index (χ4n) is 0.761. The van der Waals surface area contributed by atoms with Crippen molar-refractivity contribution in [2.45, 2.75) is 6.04 Å². The third-order valence-electron chi connectivity index (χ3n) is 1.38. The molecule has 1 rings (SSSR count). The molecule has 0 saturated carbocycles. The van der Waals surface area contributed by atoms with Gasteiger partial charge in [0.15, 0.2) is 0 Å². The third-order valence-corrected chi connectivity index (χ3v) is 2.82. The molecule has 0 aliphatic carbocycles. The molecule has 0 aliphatic rings. The van der Waals surface area contributed by atoms with Crippen LogP contribution in [0.25, 0.3) is 0 Å². The number of esters is 1. The number of thiophene rings is 1. The van der Waals surface area contributed by atoms with E-state index in [9.17, 15) is 4.79 Å². The van der Waals surface area contributed by atoms with Crippen LogP contribution < -0.4 is 5.73 Å². The maximum Gasteiger partial charge on any atom is 0.328 e. The minimum atomic E-state index is -0.762. The average molecular weight is 242 g/mol. The summed E-state index contributed by atoms with van der Waals surface area (Å²) >= 11 is 7.10. The summed E-state index contributed by atoms with van der Waals surface area (Å²) in [5, 5.41) is 2.29. The van der Waals surface area contributed by atoms with Crippen LogP contribution in [-0.2, 0) is 9.53 Å². The topological polar surface area (TPSA) is 52.3 Å². The van der Waals surface area contributed by atoms with Crippen molar-refractivity contribution in [2.24, 2.45) is 5.73 Å². The zero-order valence-electron chi connectivity index (χ0n) is 6.82. The first-order valence-electron chi connectivity index (χ1n) is 3.23. The van der Waals surface area contributed by atoms with Crippen molar-refractivity contribution in [1.82, 2.24) is 0 Å². The van der Waals surface area contributed by atoms with Crippen molar-refractivity contribution < 1.29 is 9.53 Å². The van der Waals surface area contributed by atoms with Crippen LogP contribution in [0.4, 0.5) is 0 Å². The van der Waals surface area contributed by atoms with Crippen LogP contribution in [0.3, 0.4) is 0 Å². The van der Waals surface area contributed by atoms with Gasteiger partial charge in [0, 0.05) is 0 Å². The normalized spacial score (nSPS) is 11.6. The second-order valence-corrected chi connectivity index (χ2v) is 3.49.